The number of carboxylic acid groups (broad SMARTS) is 1. The number of aliphatic carboxylic acids is 1. The number of hydrogen-bond donors (Lipinski definition) is 1. The van der Waals surface area contributed by atoms with Gasteiger partial charge in [0, 0.05) is 5.57 Å². The smallest absolute Gasteiger partial charge is 0.744 e. The largest absolute Gasteiger partial charge is 1.00 e. The second-order valence-corrected chi connectivity index (χ2v) is 11.6. The maximum atomic E-state index is 13.0. The van der Waals surface area contributed by atoms with E-state index in [2.05, 4.69) is 25.9 Å². The van der Waals surface area contributed by atoms with Crippen LogP contribution in [-0.4, -0.2) is 48.1 Å². The summed E-state index contributed by atoms with van der Waals surface area (Å²) in [5, 5.41) is 29.1. The molecule has 13 nitrogen and oxygen atoms in total. The van der Waals surface area contributed by atoms with Crippen molar-refractivity contribution in [2.45, 2.75) is 31.7 Å². The average Bonchev–Trinajstić information content (AvgIpc) is 3.28. The molecule has 1 unspecified atom stereocenters. The topological polar surface area (TPSA) is 196 Å². The molecule has 2 aliphatic rings. The number of hydrogen-bond acceptors (Lipinski definition) is 12. The molecule has 1 aliphatic heterocycles. The molecule has 0 spiro atoms. The van der Waals surface area contributed by atoms with E-state index in [1.54, 1.807) is 13.0 Å². The van der Waals surface area contributed by atoms with Gasteiger partial charge in [0.1, 0.15) is 10.1 Å². The van der Waals surface area contributed by atoms with Crippen molar-refractivity contribution in [1.82, 2.24) is 0 Å². The van der Waals surface area contributed by atoms with Crippen molar-refractivity contribution in [3.8, 4) is 11.1 Å². The van der Waals surface area contributed by atoms with E-state index in [0.29, 0.717) is 17.1 Å². The summed E-state index contributed by atoms with van der Waals surface area (Å²) in [6.45, 7) is 5.38. The van der Waals surface area contributed by atoms with Crippen LogP contribution in [0.5, 0.6) is 0 Å². The van der Waals surface area contributed by atoms with Gasteiger partial charge in [0.2, 0.25) is 0 Å². The average molecular weight is 671 g/mol. The number of amides is 1. The molecule has 3 aromatic rings. The minimum Gasteiger partial charge on any atom is -0.744 e. The van der Waals surface area contributed by atoms with Crippen molar-refractivity contribution in [3.05, 3.63) is 95.6 Å². The van der Waals surface area contributed by atoms with E-state index in [0.717, 1.165) is 51.5 Å². The van der Waals surface area contributed by atoms with Crippen molar-refractivity contribution in [3.63, 3.8) is 0 Å². The number of benzene rings is 3. The van der Waals surface area contributed by atoms with Gasteiger partial charge in [0.25, 0.3) is 5.91 Å². The van der Waals surface area contributed by atoms with Crippen LogP contribution in [0.25, 0.3) is 11.1 Å². The number of aryl methyl sites for hydroxylation is 2. The molecule has 228 valence electrons. The summed E-state index contributed by atoms with van der Waals surface area (Å²) in [6, 6.07) is 15.2. The fourth-order valence-electron chi connectivity index (χ4n) is 4.54. The van der Waals surface area contributed by atoms with Crippen LogP contribution in [0, 0.1) is 13.8 Å². The summed E-state index contributed by atoms with van der Waals surface area (Å²) in [4.78, 5) is 35.3. The predicted octanol–water partition coefficient (Wildman–Crippen LogP) is -2.66. The minimum absolute atomic E-state index is 0. The number of anilines is 2. The van der Waals surface area contributed by atoms with Gasteiger partial charge in [-0.3, -0.25) is 15.0 Å². The van der Waals surface area contributed by atoms with Crippen LogP contribution >= 0.6 is 0 Å². The molecule has 1 aliphatic carbocycles. The molecular formula is C31H24N6Na2O7S. The van der Waals surface area contributed by atoms with Crippen LogP contribution in [0.2, 0.25) is 0 Å². The summed E-state index contributed by atoms with van der Waals surface area (Å²) in [6.07, 6.45) is 3.68. The molecule has 0 saturated carbocycles. The number of ketones is 1. The molecule has 3 aromatic carbocycles. The Morgan fingerprint density at radius 2 is 1.55 bits per heavy atom. The molecule has 1 amide bonds. The van der Waals surface area contributed by atoms with Gasteiger partial charge in [-0.15, -0.1) is 0 Å². The van der Waals surface area contributed by atoms with Crippen molar-refractivity contribution >= 4 is 56.3 Å². The van der Waals surface area contributed by atoms with E-state index in [1.165, 1.54) is 18.2 Å². The minimum atomic E-state index is -4.62. The number of carbonyl (C=O) groups excluding carboxylic acids is 3. The molecule has 5 rings (SSSR count). The fourth-order valence-corrected chi connectivity index (χ4v) is 5.01. The molecular weight excluding hydrogens is 646 g/mol. The van der Waals surface area contributed by atoms with Crippen molar-refractivity contribution in [1.29, 1.82) is 0 Å². The van der Waals surface area contributed by atoms with Crippen molar-refractivity contribution in [2.75, 3.05) is 10.4 Å². The van der Waals surface area contributed by atoms with E-state index in [1.807, 2.05) is 44.2 Å². The van der Waals surface area contributed by atoms with Gasteiger partial charge in [-0.25, -0.2) is 8.42 Å². The number of azo groups is 1. The summed E-state index contributed by atoms with van der Waals surface area (Å²) in [5.74, 6) is -2.69. The molecule has 1 N–H and O–H groups in total. The molecule has 0 fully saturated rings. The Morgan fingerprint density at radius 1 is 0.915 bits per heavy atom. The Labute approximate surface area is 314 Å². The third-order valence-electron chi connectivity index (χ3n) is 6.99. The maximum Gasteiger partial charge on any atom is 1.00 e. The summed E-state index contributed by atoms with van der Waals surface area (Å²) in [7, 11) is -4.62. The first kappa shape index (κ1) is 37.9. The molecule has 1 atom stereocenters. The Hall–Kier alpha value is -3.60. The number of carbonyl (C=O) groups is 3. The van der Waals surface area contributed by atoms with Crippen LogP contribution < -0.4 is 74.7 Å². The Balaban J connectivity index is 0.00000300. The van der Waals surface area contributed by atoms with Gasteiger partial charge in [-0.2, -0.15) is 25.4 Å². The number of nitrogens with zero attached hydrogens (tertiary/aromatic N) is 5. The first-order valence-electron chi connectivity index (χ1n) is 13.4. The van der Waals surface area contributed by atoms with Gasteiger partial charge in [0.15, 0.2) is 11.8 Å². The number of allylic oxidation sites excluding steroid dienone is 3. The third kappa shape index (κ3) is 8.66. The van der Waals surface area contributed by atoms with Crippen molar-refractivity contribution in [2.24, 2.45) is 20.4 Å². The maximum absolute atomic E-state index is 13.0. The predicted molar refractivity (Wildman–Crippen MR) is 163 cm³/mol. The van der Waals surface area contributed by atoms with Gasteiger partial charge in [-0.05, 0) is 110 Å². The molecule has 16 heteroatoms. The van der Waals surface area contributed by atoms with Crippen LogP contribution in [0.15, 0.2) is 110 Å². The number of hydrazone groups is 2. The van der Waals surface area contributed by atoms with Gasteiger partial charge in [0.05, 0.1) is 39.4 Å². The van der Waals surface area contributed by atoms with Gasteiger partial charge >= 0.3 is 59.1 Å². The zero-order valence-electron chi connectivity index (χ0n) is 26.1. The number of nitrogens with one attached hydrogen (secondary N) is 1. The Bertz CT molecular complexity index is 2020. The zero-order chi connectivity index (χ0) is 32.5. The first-order valence-corrected chi connectivity index (χ1v) is 14.8. The second-order valence-electron chi connectivity index (χ2n) is 10.2. The van der Waals surface area contributed by atoms with Crippen LogP contribution in [-0.2, 0) is 24.5 Å². The van der Waals surface area contributed by atoms with Crippen LogP contribution in [0.1, 0.15) is 18.1 Å². The summed E-state index contributed by atoms with van der Waals surface area (Å²) in [5.41, 5.74) is 8.11. The summed E-state index contributed by atoms with van der Waals surface area (Å²) < 4.78 is 33.6. The Kier molecular flexibility index (Phi) is 12.5. The number of rotatable bonds is 8. The first-order chi connectivity index (χ1) is 21.3. The Morgan fingerprint density at radius 3 is 2.15 bits per heavy atom. The van der Waals surface area contributed by atoms with E-state index in [-0.39, 0.29) is 70.5 Å². The molecule has 0 bridgehead atoms. The fraction of sp³-hybridized carbons (Fsp3) is 0.129. The van der Waals surface area contributed by atoms with Crippen LogP contribution in [0.4, 0.5) is 17.1 Å². The second kappa shape index (κ2) is 15.5. The normalized spacial score (nSPS) is 16.9. The summed E-state index contributed by atoms with van der Waals surface area (Å²) >= 11 is 0. The number of carboxylic acids is 1. The van der Waals surface area contributed by atoms with E-state index >= 15 is 0 Å². The molecule has 0 saturated heterocycles. The van der Waals surface area contributed by atoms with Gasteiger partial charge < -0.3 is 14.5 Å². The monoisotopic (exact) mass is 670 g/mol. The third-order valence-corrected chi connectivity index (χ3v) is 7.84. The van der Waals surface area contributed by atoms with E-state index in [9.17, 15) is 32.5 Å². The van der Waals surface area contributed by atoms with E-state index < -0.39 is 44.3 Å². The van der Waals surface area contributed by atoms with Crippen LogP contribution in [0.3, 0.4) is 0 Å². The molecule has 47 heavy (non-hydrogen) atoms. The molecule has 1 heterocycles. The molecule has 0 radical (unpaired) electrons. The van der Waals surface area contributed by atoms with E-state index in [4.69, 9.17) is 0 Å². The SMILES string of the molecule is CC1=NN(c2ccc(S(=O)(=O)[O-])cc2)C(=O)C1N=Nc1ccc(-c2ccc(N/N=C3\C=CC(=O)C(C(=O)[O-])=C3)c(C)c2)cc1C.[Na+].[Na+]. The quantitative estimate of drug-likeness (QED) is 0.0669. The van der Waals surface area contributed by atoms with Gasteiger partial charge in [-0.1, -0.05) is 12.1 Å². The van der Waals surface area contributed by atoms with Crippen molar-refractivity contribution < 1.29 is 91.6 Å². The standard InChI is InChI=1S/C31H26N6O7S.2Na/c1-17-14-20(4-11-26(17)33-32-22-6-13-28(38)25(16-22)31(40)41)21-5-12-27(18(2)15-21)34-35-29-19(3)36-37(30(29)39)23-7-9-24(10-8-23)45(42,43)44;;/h4-16,29,33H,1-3H3,(H,40,41)(H,42,43,44);;/q;2*+1/p-2/b32-22+,35-34?;;. The zero-order valence-corrected chi connectivity index (χ0v) is 30.9. The molecule has 0 aromatic heterocycles.